The Balaban J connectivity index is 2.53. The highest BCUT2D eigenvalue weighted by Gasteiger charge is 2.20. The Morgan fingerprint density at radius 2 is 2.07 bits per heavy atom. The van der Waals surface area contributed by atoms with Gasteiger partial charge in [0.15, 0.2) is 0 Å². The Bertz CT molecular complexity index is 412. The van der Waals surface area contributed by atoms with Crippen LogP contribution < -0.4 is 4.90 Å². The van der Waals surface area contributed by atoms with Crippen molar-refractivity contribution in [3.05, 3.63) is 35.4 Å². The molecule has 1 aromatic rings. The Morgan fingerprint density at radius 1 is 1.36 bits per heavy atom. The van der Waals surface area contributed by atoms with Crippen LogP contribution in [-0.4, -0.2) is 5.91 Å². The van der Waals surface area contributed by atoms with Gasteiger partial charge in [-0.25, -0.2) is 0 Å². The SMILES string of the molecule is CC(=O)N1C(C)=CSc2ccccc21. The number of hydrogen-bond donors (Lipinski definition) is 0. The molecule has 1 aliphatic heterocycles. The number of carbonyl (C=O) groups is 1. The molecule has 2 rings (SSSR count). The Labute approximate surface area is 87.6 Å². The molecule has 0 fully saturated rings. The number of carbonyl (C=O) groups excluding carboxylic acids is 1. The standard InChI is InChI=1S/C11H11NOS/c1-8-7-14-11-6-4-3-5-10(11)12(8)9(2)13/h3-7H,1-2H3. The summed E-state index contributed by atoms with van der Waals surface area (Å²) in [5, 5.41) is 2.00. The van der Waals surface area contributed by atoms with Gasteiger partial charge in [-0.15, -0.1) is 0 Å². The lowest BCUT2D eigenvalue weighted by Gasteiger charge is -2.27. The van der Waals surface area contributed by atoms with Crippen molar-refractivity contribution in [3.8, 4) is 0 Å². The van der Waals surface area contributed by atoms with Crippen molar-refractivity contribution in [1.29, 1.82) is 0 Å². The summed E-state index contributed by atoms with van der Waals surface area (Å²) in [4.78, 5) is 14.3. The second-order valence-electron chi connectivity index (χ2n) is 3.20. The summed E-state index contributed by atoms with van der Waals surface area (Å²) in [5.41, 5.74) is 1.98. The van der Waals surface area contributed by atoms with Crippen LogP contribution in [0.4, 0.5) is 5.69 Å². The first-order valence-corrected chi connectivity index (χ1v) is 5.31. The zero-order valence-corrected chi connectivity index (χ0v) is 8.97. The van der Waals surface area contributed by atoms with Crippen LogP contribution in [0.15, 0.2) is 40.3 Å². The molecule has 0 spiro atoms. The number of thioether (sulfide) groups is 1. The number of anilines is 1. The van der Waals surface area contributed by atoms with E-state index in [1.165, 1.54) is 0 Å². The van der Waals surface area contributed by atoms with Crippen molar-refractivity contribution >= 4 is 23.4 Å². The van der Waals surface area contributed by atoms with Crippen molar-refractivity contribution in [2.45, 2.75) is 18.7 Å². The van der Waals surface area contributed by atoms with Crippen molar-refractivity contribution in [2.24, 2.45) is 0 Å². The second-order valence-corrected chi connectivity index (χ2v) is 4.11. The van der Waals surface area contributed by atoms with Crippen LogP contribution in [0, 0.1) is 0 Å². The van der Waals surface area contributed by atoms with Crippen molar-refractivity contribution < 1.29 is 4.79 Å². The maximum absolute atomic E-state index is 11.4. The second kappa shape index (κ2) is 3.50. The molecule has 1 amide bonds. The van der Waals surface area contributed by atoms with E-state index in [0.717, 1.165) is 16.3 Å². The number of benzene rings is 1. The normalized spacial score (nSPS) is 14.7. The molecule has 0 radical (unpaired) electrons. The van der Waals surface area contributed by atoms with Crippen molar-refractivity contribution in [1.82, 2.24) is 0 Å². The highest BCUT2D eigenvalue weighted by molar-refractivity contribution is 8.02. The molecule has 1 heterocycles. The van der Waals surface area contributed by atoms with Gasteiger partial charge in [0.05, 0.1) is 5.69 Å². The molecule has 0 saturated carbocycles. The minimum Gasteiger partial charge on any atom is -0.284 e. The van der Waals surface area contributed by atoms with Crippen LogP contribution >= 0.6 is 11.8 Å². The summed E-state index contributed by atoms with van der Waals surface area (Å²) < 4.78 is 0. The quantitative estimate of drug-likeness (QED) is 0.649. The zero-order chi connectivity index (χ0) is 10.1. The predicted molar refractivity (Wildman–Crippen MR) is 59.2 cm³/mol. The zero-order valence-electron chi connectivity index (χ0n) is 8.15. The van der Waals surface area contributed by atoms with E-state index in [-0.39, 0.29) is 5.91 Å². The summed E-state index contributed by atoms with van der Waals surface area (Å²) in [7, 11) is 0. The molecule has 3 heteroatoms. The van der Waals surface area contributed by atoms with Crippen LogP contribution in [0.1, 0.15) is 13.8 Å². The number of rotatable bonds is 0. The average molecular weight is 205 g/mol. The van der Waals surface area contributed by atoms with E-state index in [0.29, 0.717) is 0 Å². The van der Waals surface area contributed by atoms with Crippen molar-refractivity contribution in [2.75, 3.05) is 4.90 Å². The molecule has 0 N–H and O–H groups in total. The smallest absolute Gasteiger partial charge is 0.228 e. The van der Waals surface area contributed by atoms with Gasteiger partial charge in [-0.3, -0.25) is 9.69 Å². The van der Waals surface area contributed by atoms with Crippen molar-refractivity contribution in [3.63, 3.8) is 0 Å². The fraction of sp³-hybridized carbons (Fsp3) is 0.182. The molecule has 0 aromatic heterocycles. The third-order valence-corrected chi connectivity index (χ3v) is 3.19. The molecular weight excluding hydrogens is 194 g/mol. The molecular formula is C11H11NOS. The van der Waals surface area contributed by atoms with Gasteiger partial charge in [-0.1, -0.05) is 23.9 Å². The molecule has 14 heavy (non-hydrogen) atoms. The molecule has 72 valence electrons. The number of amides is 1. The fourth-order valence-corrected chi connectivity index (χ4v) is 2.39. The van der Waals surface area contributed by atoms with Gasteiger partial charge < -0.3 is 0 Å². The minimum atomic E-state index is 0.0616. The van der Waals surface area contributed by atoms with E-state index in [4.69, 9.17) is 0 Å². The van der Waals surface area contributed by atoms with E-state index < -0.39 is 0 Å². The number of hydrogen-bond acceptors (Lipinski definition) is 2. The van der Waals surface area contributed by atoms with E-state index in [1.807, 2.05) is 36.6 Å². The van der Waals surface area contributed by atoms with Crippen LogP contribution in [0.5, 0.6) is 0 Å². The maximum Gasteiger partial charge on any atom is 0.228 e. The number of nitrogens with zero attached hydrogens (tertiary/aromatic N) is 1. The molecule has 1 aliphatic rings. The lowest BCUT2D eigenvalue weighted by Crippen LogP contribution is -2.27. The Morgan fingerprint density at radius 3 is 2.79 bits per heavy atom. The molecule has 1 aromatic carbocycles. The van der Waals surface area contributed by atoms with Gasteiger partial charge in [0, 0.05) is 17.5 Å². The summed E-state index contributed by atoms with van der Waals surface area (Å²) in [6.07, 6.45) is 0. The molecule has 2 nitrogen and oxygen atoms in total. The molecule has 0 bridgehead atoms. The third-order valence-electron chi connectivity index (χ3n) is 2.13. The van der Waals surface area contributed by atoms with E-state index in [2.05, 4.69) is 0 Å². The number of fused-ring (bicyclic) bond motifs is 1. The molecule has 0 unspecified atom stereocenters. The first kappa shape index (κ1) is 9.34. The summed E-state index contributed by atoms with van der Waals surface area (Å²) in [6, 6.07) is 7.94. The third kappa shape index (κ3) is 1.44. The lowest BCUT2D eigenvalue weighted by atomic mass is 10.2. The number of para-hydroxylation sites is 1. The van der Waals surface area contributed by atoms with Crippen LogP contribution in [0.25, 0.3) is 0 Å². The van der Waals surface area contributed by atoms with E-state index in [9.17, 15) is 4.79 Å². The number of allylic oxidation sites excluding steroid dienone is 1. The van der Waals surface area contributed by atoms with Gasteiger partial charge >= 0.3 is 0 Å². The fourth-order valence-electron chi connectivity index (χ4n) is 1.55. The van der Waals surface area contributed by atoms with Crippen LogP contribution in [-0.2, 0) is 4.79 Å². The molecule has 0 aliphatic carbocycles. The summed E-state index contributed by atoms with van der Waals surface area (Å²) in [5.74, 6) is 0.0616. The van der Waals surface area contributed by atoms with Gasteiger partial charge in [-0.2, -0.15) is 0 Å². The Hall–Kier alpha value is -1.22. The van der Waals surface area contributed by atoms with Gasteiger partial charge in [0.25, 0.3) is 0 Å². The van der Waals surface area contributed by atoms with Crippen LogP contribution in [0.3, 0.4) is 0 Å². The first-order chi connectivity index (χ1) is 6.70. The van der Waals surface area contributed by atoms with Gasteiger partial charge in [-0.05, 0) is 24.5 Å². The first-order valence-electron chi connectivity index (χ1n) is 4.43. The summed E-state index contributed by atoms with van der Waals surface area (Å²) >= 11 is 1.66. The average Bonchev–Trinajstić information content (AvgIpc) is 2.17. The maximum atomic E-state index is 11.4. The van der Waals surface area contributed by atoms with E-state index >= 15 is 0 Å². The predicted octanol–water partition coefficient (Wildman–Crippen LogP) is 3.01. The topological polar surface area (TPSA) is 20.3 Å². The van der Waals surface area contributed by atoms with E-state index in [1.54, 1.807) is 23.6 Å². The highest BCUT2D eigenvalue weighted by atomic mass is 32.2. The van der Waals surface area contributed by atoms with Gasteiger partial charge in [0.2, 0.25) is 5.91 Å². The Kier molecular flexibility index (Phi) is 2.33. The lowest BCUT2D eigenvalue weighted by molar-refractivity contribution is -0.116. The molecule has 0 atom stereocenters. The monoisotopic (exact) mass is 205 g/mol. The minimum absolute atomic E-state index is 0.0616. The van der Waals surface area contributed by atoms with Gasteiger partial charge in [0.1, 0.15) is 0 Å². The largest absolute Gasteiger partial charge is 0.284 e. The van der Waals surface area contributed by atoms with Crippen LogP contribution in [0.2, 0.25) is 0 Å². The highest BCUT2D eigenvalue weighted by Crippen LogP contribution is 2.37. The summed E-state index contributed by atoms with van der Waals surface area (Å²) in [6.45, 7) is 3.54. The molecule has 0 saturated heterocycles.